The molecule has 5 heteroatoms. The Hall–Kier alpha value is -0.770. The van der Waals surface area contributed by atoms with Crippen molar-refractivity contribution in [1.29, 1.82) is 0 Å². The van der Waals surface area contributed by atoms with Gasteiger partial charge < -0.3 is 5.32 Å². The fraction of sp³-hybridized carbons (Fsp3) is 0.800. The highest BCUT2D eigenvalue weighted by Gasteiger charge is 2.11. The molecule has 2 unspecified atom stereocenters. The third kappa shape index (κ3) is 7.19. The summed E-state index contributed by atoms with van der Waals surface area (Å²) in [6.07, 6.45) is 1.98. The zero-order chi connectivity index (χ0) is 11.8. The van der Waals surface area contributed by atoms with E-state index in [1.54, 1.807) is 0 Å². The molecule has 4 nitrogen and oxygen atoms in total. The second-order valence-corrected chi connectivity index (χ2v) is 4.07. The molecule has 0 rings (SSSR count). The van der Waals surface area contributed by atoms with Crippen molar-refractivity contribution >= 4 is 23.5 Å². The van der Waals surface area contributed by atoms with Gasteiger partial charge in [-0.05, 0) is 19.3 Å². The molecule has 0 aliphatic rings. The Labute approximate surface area is 95.7 Å². The Bertz CT molecular complexity index is 221. The Morgan fingerprint density at radius 2 is 1.93 bits per heavy atom. The van der Waals surface area contributed by atoms with Crippen LogP contribution in [0.15, 0.2) is 0 Å². The molecule has 0 aromatic carbocycles. The van der Waals surface area contributed by atoms with E-state index in [-0.39, 0.29) is 11.9 Å². The van der Waals surface area contributed by atoms with E-state index in [0.717, 1.165) is 12.8 Å². The zero-order valence-electron chi connectivity index (χ0n) is 9.47. The number of halogens is 1. The lowest BCUT2D eigenvalue weighted by molar-refractivity contribution is -0.117. The van der Waals surface area contributed by atoms with Crippen molar-refractivity contribution in [1.82, 2.24) is 10.6 Å². The topological polar surface area (TPSA) is 58.2 Å². The number of carbonyl (C=O) groups excluding carboxylic acids is 2. The van der Waals surface area contributed by atoms with Gasteiger partial charge in [0.15, 0.2) is 0 Å². The van der Waals surface area contributed by atoms with Gasteiger partial charge in [0.1, 0.15) is 5.88 Å². The third-order valence-corrected chi connectivity index (χ3v) is 2.45. The minimum atomic E-state index is -0.482. The van der Waals surface area contributed by atoms with E-state index in [1.807, 2.05) is 6.92 Å². The van der Waals surface area contributed by atoms with Gasteiger partial charge in [-0.15, -0.1) is 11.6 Å². The molecule has 0 fully saturated rings. The Kier molecular flexibility index (Phi) is 7.13. The summed E-state index contributed by atoms with van der Waals surface area (Å²) in [5.41, 5.74) is 0. The van der Waals surface area contributed by atoms with Crippen molar-refractivity contribution in [2.45, 2.75) is 39.7 Å². The summed E-state index contributed by atoms with van der Waals surface area (Å²) in [7, 11) is 0. The molecule has 0 heterocycles. The summed E-state index contributed by atoms with van der Waals surface area (Å²) in [5, 5.41) is 4.81. The highest BCUT2D eigenvalue weighted by molar-refractivity contribution is 6.28. The first kappa shape index (κ1) is 14.2. The average molecular weight is 235 g/mol. The fourth-order valence-electron chi connectivity index (χ4n) is 1.25. The molecular formula is C10H19ClN2O2. The summed E-state index contributed by atoms with van der Waals surface area (Å²) in [6, 6.07) is -0.417. The zero-order valence-corrected chi connectivity index (χ0v) is 10.2. The van der Waals surface area contributed by atoms with Gasteiger partial charge >= 0.3 is 6.03 Å². The predicted molar refractivity (Wildman–Crippen MR) is 60.9 cm³/mol. The molecule has 0 aromatic rings. The number of hydrogen-bond acceptors (Lipinski definition) is 2. The van der Waals surface area contributed by atoms with Crippen LogP contribution in [0.3, 0.4) is 0 Å². The second kappa shape index (κ2) is 7.51. The van der Waals surface area contributed by atoms with Crippen molar-refractivity contribution in [3.63, 3.8) is 0 Å². The Balaban J connectivity index is 3.81. The van der Waals surface area contributed by atoms with Crippen molar-refractivity contribution < 1.29 is 9.59 Å². The van der Waals surface area contributed by atoms with Gasteiger partial charge in [-0.25, -0.2) is 4.79 Å². The van der Waals surface area contributed by atoms with Gasteiger partial charge in [0.05, 0.1) is 0 Å². The standard InChI is InChI=1S/C10H19ClN2O2/c1-4-7(2)5-8(3)12-10(15)13-9(14)6-11/h7-8H,4-6H2,1-3H3,(H2,12,13,14,15). The smallest absolute Gasteiger partial charge is 0.321 e. The van der Waals surface area contributed by atoms with E-state index < -0.39 is 11.9 Å². The summed E-state index contributed by atoms with van der Waals surface area (Å²) in [5.74, 6) is -0.124. The highest BCUT2D eigenvalue weighted by Crippen LogP contribution is 2.08. The average Bonchev–Trinajstić information content (AvgIpc) is 2.16. The quantitative estimate of drug-likeness (QED) is 0.714. The molecule has 0 saturated carbocycles. The van der Waals surface area contributed by atoms with Gasteiger partial charge in [0, 0.05) is 6.04 Å². The first-order chi connectivity index (χ1) is 6.99. The first-order valence-corrected chi connectivity index (χ1v) is 5.69. The van der Waals surface area contributed by atoms with Gasteiger partial charge in [0.2, 0.25) is 5.91 Å². The summed E-state index contributed by atoms with van der Waals surface area (Å²) < 4.78 is 0. The van der Waals surface area contributed by atoms with Crippen LogP contribution in [0.1, 0.15) is 33.6 Å². The van der Waals surface area contributed by atoms with Crippen LogP contribution in [0.5, 0.6) is 0 Å². The number of hydrogen-bond donors (Lipinski definition) is 2. The van der Waals surface area contributed by atoms with E-state index in [1.165, 1.54) is 0 Å². The van der Waals surface area contributed by atoms with Crippen molar-refractivity contribution in [3.8, 4) is 0 Å². The molecule has 0 aromatic heterocycles. The number of alkyl halides is 1. The molecule has 0 spiro atoms. The molecule has 0 radical (unpaired) electrons. The van der Waals surface area contributed by atoms with Crippen LogP contribution in [-0.4, -0.2) is 23.9 Å². The van der Waals surface area contributed by atoms with Crippen LogP contribution in [0.25, 0.3) is 0 Å². The molecule has 0 aliphatic heterocycles. The number of amides is 3. The molecule has 2 atom stereocenters. The summed E-state index contributed by atoms with van der Waals surface area (Å²) >= 11 is 5.25. The van der Waals surface area contributed by atoms with Crippen molar-refractivity contribution in [2.75, 3.05) is 5.88 Å². The first-order valence-electron chi connectivity index (χ1n) is 5.15. The minimum Gasteiger partial charge on any atom is -0.335 e. The molecule has 15 heavy (non-hydrogen) atoms. The number of carbonyl (C=O) groups is 2. The summed E-state index contributed by atoms with van der Waals surface area (Å²) in [6.45, 7) is 6.14. The number of rotatable bonds is 5. The van der Waals surface area contributed by atoms with E-state index in [2.05, 4.69) is 24.5 Å². The van der Waals surface area contributed by atoms with E-state index in [4.69, 9.17) is 11.6 Å². The SMILES string of the molecule is CCC(C)CC(C)NC(=O)NC(=O)CCl. The highest BCUT2D eigenvalue weighted by atomic mass is 35.5. The largest absolute Gasteiger partial charge is 0.335 e. The third-order valence-electron chi connectivity index (χ3n) is 2.20. The minimum absolute atomic E-state index is 0.0584. The maximum absolute atomic E-state index is 11.2. The van der Waals surface area contributed by atoms with Gasteiger partial charge in [-0.2, -0.15) is 0 Å². The van der Waals surface area contributed by atoms with Gasteiger partial charge in [-0.3, -0.25) is 10.1 Å². The Morgan fingerprint density at radius 1 is 1.33 bits per heavy atom. The maximum Gasteiger partial charge on any atom is 0.321 e. The van der Waals surface area contributed by atoms with Crippen LogP contribution in [0.4, 0.5) is 4.79 Å². The van der Waals surface area contributed by atoms with E-state index >= 15 is 0 Å². The monoisotopic (exact) mass is 234 g/mol. The second-order valence-electron chi connectivity index (χ2n) is 3.81. The lowest BCUT2D eigenvalue weighted by atomic mass is 10.0. The molecule has 2 N–H and O–H groups in total. The molecule has 3 amide bonds. The van der Waals surface area contributed by atoms with E-state index in [9.17, 15) is 9.59 Å². The van der Waals surface area contributed by atoms with Crippen molar-refractivity contribution in [3.05, 3.63) is 0 Å². The summed E-state index contributed by atoms with van der Waals surface area (Å²) in [4.78, 5) is 22.0. The van der Waals surface area contributed by atoms with Crippen LogP contribution in [0, 0.1) is 5.92 Å². The lowest BCUT2D eigenvalue weighted by Crippen LogP contribution is -2.44. The van der Waals surface area contributed by atoms with Gasteiger partial charge in [0.25, 0.3) is 0 Å². The lowest BCUT2D eigenvalue weighted by Gasteiger charge is -2.17. The molecule has 0 bridgehead atoms. The van der Waals surface area contributed by atoms with Crippen LogP contribution >= 0.6 is 11.6 Å². The Morgan fingerprint density at radius 3 is 2.40 bits per heavy atom. The number of nitrogens with one attached hydrogen (secondary N) is 2. The van der Waals surface area contributed by atoms with Crippen LogP contribution < -0.4 is 10.6 Å². The molecular weight excluding hydrogens is 216 g/mol. The molecule has 0 saturated heterocycles. The molecule has 0 aliphatic carbocycles. The predicted octanol–water partition coefficient (Wildman–Crippen LogP) is 1.88. The van der Waals surface area contributed by atoms with Crippen LogP contribution in [-0.2, 0) is 4.79 Å². The van der Waals surface area contributed by atoms with Gasteiger partial charge in [-0.1, -0.05) is 20.3 Å². The number of imide groups is 1. The molecule has 88 valence electrons. The fourth-order valence-corrected chi connectivity index (χ4v) is 1.32. The normalized spacial score (nSPS) is 14.1. The van der Waals surface area contributed by atoms with Crippen LogP contribution in [0.2, 0.25) is 0 Å². The van der Waals surface area contributed by atoms with Crippen molar-refractivity contribution in [2.24, 2.45) is 5.92 Å². The number of urea groups is 1. The maximum atomic E-state index is 11.2. The van der Waals surface area contributed by atoms with E-state index in [0.29, 0.717) is 5.92 Å².